The summed E-state index contributed by atoms with van der Waals surface area (Å²) in [7, 11) is 4.00. The number of carboxylic acids is 1. The molecular weight excluding hydrogens is 660 g/mol. The van der Waals surface area contributed by atoms with E-state index in [1.807, 2.05) is 27.9 Å². The number of carboxylic acid groups (broad SMARTS) is 1. The van der Waals surface area contributed by atoms with Crippen molar-refractivity contribution in [3.05, 3.63) is 12.3 Å². The fraction of sp³-hybridized carbons (Fsp3) is 0.735. The zero-order chi connectivity index (χ0) is 39.0. The standard InChI is InChI=1S/C34H64N10O7/c1-7-8-9-12-18-44(5,6)24(4)20-28(45)43-27(19-23(2)3)32(49)40-21-29(46)41-25(15-13-17-38-34(36)37)31(48)39-22-30(47)42-26(33(50)51)14-10-11-16-35/h23,25-27H,4,7-22,35H2,1-3,5-6H3,(H9-,36,37,38,39,40,41,42,43,45,46,47,48,49,50,51)/p+1. The van der Waals surface area contributed by atoms with Gasteiger partial charge in [-0.1, -0.05) is 33.6 Å². The summed E-state index contributed by atoms with van der Waals surface area (Å²) in [6.07, 6.45) is 6.42. The van der Waals surface area contributed by atoms with Gasteiger partial charge in [0.1, 0.15) is 30.2 Å². The highest BCUT2D eigenvalue weighted by Gasteiger charge is 2.28. The molecule has 0 bridgehead atoms. The van der Waals surface area contributed by atoms with Crippen LogP contribution in [0.25, 0.3) is 0 Å². The molecule has 5 amide bonds. The molecule has 0 aromatic carbocycles. The Morgan fingerprint density at radius 2 is 1.31 bits per heavy atom. The Bertz CT molecular complexity index is 1170. The number of aliphatic carboxylic acids is 1. The van der Waals surface area contributed by atoms with E-state index in [0.29, 0.717) is 36.7 Å². The van der Waals surface area contributed by atoms with Crippen LogP contribution in [-0.2, 0) is 28.8 Å². The Morgan fingerprint density at radius 1 is 0.765 bits per heavy atom. The number of hydrogen-bond acceptors (Lipinski definition) is 8. The van der Waals surface area contributed by atoms with Crippen LogP contribution in [0, 0.1) is 5.92 Å². The lowest BCUT2D eigenvalue weighted by atomic mass is 10.0. The van der Waals surface area contributed by atoms with Crippen LogP contribution >= 0.6 is 0 Å². The molecule has 0 radical (unpaired) electrons. The molecule has 0 rings (SSSR count). The van der Waals surface area contributed by atoms with E-state index in [4.69, 9.17) is 17.2 Å². The fourth-order valence-corrected chi connectivity index (χ4v) is 5.03. The number of guanidine groups is 1. The van der Waals surface area contributed by atoms with Gasteiger partial charge in [0, 0.05) is 6.54 Å². The van der Waals surface area contributed by atoms with Gasteiger partial charge >= 0.3 is 5.97 Å². The minimum Gasteiger partial charge on any atom is -0.480 e. The summed E-state index contributed by atoms with van der Waals surface area (Å²) in [5.41, 5.74) is 16.9. The molecule has 17 heteroatoms. The Morgan fingerprint density at radius 3 is 1.84 bits per heavy atom. The maximum Gasteiger partial charge on any atom is 0.326 e. The average molecular weight is 726 g/mol. The summed E-state index contributed by atoms with van der Waals surface area (Å²) in [5.74, 6) is -4.33. The minimum atomic E-state index is -1.21. The van der Waals surface area contributed by atoms with E-state index in [1.54, 1.807) is 0 Å². The molecule has 292 valence electrons. The van der Waals surface area contributed by atoms with Crippen molar-refractivity contribution in [1.29, 1.82) is 0 Å². The van der Waals surface area contributed by atoms with E-state index in [1.165, 1.54) is 0 Å². The topological polar surface area (TPSA) is 273 Å². The number of amides is 5. The van der Waals surface area contributed by atoms with Gasteiger partial charge in [-0.05, 0) is 70.4 Å². The van der Waals surface area contributed by atoms with E-state index in [-0.39, 0.29) is 43.6 Å². The SMILES string of the molecule is C=C(CC(=O)NC(CC(C)C)C(=O)NCC(=O)NC(CCCN=C(N)N)C(=O)NCC(=O)NC(CCCCN)C(=O)O)[N+](C)(C)CCCCCC. The molecule has 0 aromatic heterocycles. The second kappa shape index (κ2) is 25.7. The minimum absolute atomic E-state index is 0.0447. The first-order valence-electron chi connectivity index (χ1n) is 17.9. The van der Waals surface area contributed by atoms with Gasteiger partial charge in [-0.2, -0.15) is 0 Å². The number of unbranched alkanes of at least 4 members (excludes halogenated alkanes) is 4. The lowest BCUT2D eigenvalue weighted by Gasteiger charge is -2.31. The number of aliphatic imine (C=N–C) groups is 1. The number of rotatable bonds is 28. The number of carbonyl (C=O) groups excluding carboxylic acids is 5. The van der Waals surface area contributed by atoms with Crippen LogP contribution in [0.1, 0.15) is 91.4 Å². The van der Waals surface area contributed by atoms with Crippen molar-refractivity contribution in [1.82, 2.24) is 26.6 Å². The molecule has 0 spiro atoms. The number of carbonyl (C=O) groups is 6. The van der Waals surface area contributed by atoms with Crippen molar-refractivity contribution in [2.45, 2.75) is 110 Å². The van der Waals surface area contributed by atoms with E-state index in [2.05, 4.69) is 45.1 Å². The molecule has 0 aliphatic rings. The second-order valence-corrected chi connectivity index (χ2v) is 13.7. The van der Waals surface area contributed by atoms with Gasteiger partial charge in [0.15, 0.2) is 5.96 Å². The van der Waals surface area contributed by atoms with Gasteiger partial charge < -0.3 is 48.9 Å². The molecule has 17 nitrogen and oxygen atoms in total. The van der Waals surface area contributed by atoms with Crippen LogP contribution in [0.4, 0.5) is 0 Å². The molecule has 0 aliphatic carbocycles. The van der Waals surface area contributed by atoms with Crippen LogP contribution in [0.15, 0.2) is 17.3 Å². The molecule has 0 aromatic rings. The summed E-state index contributed by atoms with van der Waals surface area (Å²) in [5, 5.41) is 22.0. The molecular formula is C34H65N10O7+. The Labute approximate surface area is 302 Å². The van der Waals surface area contributed by atoms with Crippen molar-refractivity contribution < 1.29 is 38.4 Å². The quantitative estimate of drug-likeness (QED) is 0.0217. The van der Waals surface area contributed by atoms with Crippen molar-refractivity contribution in [3.63, 3.8) is 0 Å². The van der Waals surface area contributed by atoms with Crippen LogP contribution < -0.4 is 43.8 Å². The Balaban J connectivity index is 5.35. The number of hydrogen-bond donors (Lipinski definition) is 9. The molecule has 3 atom stereocenters. The van der Waals surface area contributed by atoms with Crippen LogP contribution in [0.5, 0.6) is 0 Å². The van der Waals surface area contributed by atoms with E-state index >= 15 is 0 Å². The number of nitrogens with two attached hydrogens (primary N) is 3. The highest BCUT2D eigenvalue weighted by Crippen LogP contribution is 2.16. The molecule has 0 saturated heterocycles. The zero-order valence-electron chi connectivity index (χ0n) is 31.4. The van der Waals surface area contributed by atoms with Gasteiger partial charge in [0.25, 0.3) is 0 Å². The van der Waals surface area contributed by atoms with Gasteiger partial charge in [-0.15, -0.1) is 0 Å². The summed E-state index contributed by atoms with van der Waals surface area (Å²) >= 11 is 0. The average Bonchev–Trinajstić information content (AvgIpc) is 3.04. The lowest BCUT2D eigenvalue weighted by molar-refractivity contribution is -0.853. The van der Waals surface area contributed by atoms with Crippen molar-refractivity contribution in [3.8, 4) is 0 Å². The second-order valence-electron chi connectivity index (χ2n) is 13.7. The third kappa shape index (κ3) is 22.2. The van der Waals surface area contributed by atoms with Crippen molar-refractivity contribution in [2.75, 3.05) is 46.8 Å². The third-order valence-electron chi connectivity index (χ3n) is 8.17. The first kappa shape index (κ1) is 46.8. The first-order valence-corrected chi connectivity index (χ1v) is 17.9. The van der Waals surface area contributed by atoms with E-state index < -0.39 is 60.8 Å². The molecule has 12 N–H and O–H groups in total. The molecule has 51 heavy (non-hydrogen) atoms. The van der Waals surface area contributed by atoms with E-state index in [0.717, 1.165) is 37.9 Å². The highest BCUT2D eigenvalue weighted by molar-refractivity contribution is 5.94. The molecule has 0 fully saturated rings. The maximum atomic E-state index is 13.2. The first-order chi connectivity index (χ1) is 23.9. The van der Waals surface area contributed by atoms with E-state index in [9.17, 15) is 33.9 Å². The highest BCUT2D eigenvalue weighted by atomic mass is 16.4. The third-order valence-corrected chi connectivity index (χ3v) is 8.17. The molecule has 0 heterocycles. The maximum absolute atomic E-state index is 13.2. The van der Waals surface area contributed by atoms with Crippen molar-refractivity contribution >= 4 is 41.5 Å². The van der Waals surface area contributed by atoms with Gasteiger partial charge in [0.2, 0.25) is 29.5 Å². The Hall–Kier alpha value is -4.25. The lowest BCUT2D eigenvalue weighted by Crippen LogP contribution is -2.53. The molecule has 0 saturated carbocycles. The van der Waals surface area contributed by atoms with Crippen LogP contribution in [0.2, 0.25) is 0 Å². The fourth-order valence-electron chi connectivity index (χ4n) is 5.03. The predicted molar refractivity (Wildman–Crippen MR) is 197 cm³/mol. The van der Waals surface area contributed by atoms with Gasteiger partial charge in [-0.25, -0.2) is 4.79 Å². The molecule has 0 aliphatic heterocycles. The normalized spacial score (nSPS) is 12.9. The van der Waals surface area contributed by atoms with Gasteiger partial charge in [0.05, 0.1) is 33.7 Å². The number of nitrogens with one attached hydrogen (secondary N) is 5. The summed E-state index contributed by atoms with van der Waals surface area (Å²) in [6.45, 7) is 10.5. The van der Waals surface area contributed by atoms with Crippen LogP contribution in [0.3, 0.4) is 0 Å². The summed E-state index contributed by atoms with van der Waals surface area (Å²) in [4.78, 5) is 79.9. The summed E-state index contributed by atoms with van der Waals surface area (Å²) in [6, 6.07) is -3.17. The van der Waals surface area contributed by atoms with Gasteiger partial charge in [-0.3, -0.25) is 33.4 Å². The predicted octanol–water partition coefficient (Wildman–Crippen LogP) is -0.453. The number of quaternary nitrogens is 1. The smallest absolute Gasteiger partial charge is 0.326 e. The monoisotopic (exact) mass is 726 g/mol. The molecule has 3 unspecified atom stereocenters. The Kier molecular flexibility index (Phi) is 23.5. The summed E-state index contributed by atoms with van der Waals surface area (Å²) < 4.78 is 0.488. The van der Waals surface area contributed by atoms with Crippen LogP contribution in [-0.4, -0.2) is 116 Å². The zero-order valence-corrected chi connectivity index (χ0v) is 31.4. The van der Waals surface area contributed by atoms with Crippen molar-refractivity contribution in [2.24, 2.45) is 28.1 Å². The largest absolute Gasteiger partial charge is 0.480 e. The number of nitrogens with zero attached hydrogens (tertiary/aromatic N) is 2.